The lowest BCUT2D eigenvalue weighted by Gasteiger charge is -2.09. The molecule has 1 amide bonds. The van der Waals surface area contributed by atoms with Gasteiger partial charge in [-0.3, -0.25) is 10.1 Å². The van der Waals surface area contributed by atoms with Crippen LogP contribution in [0.3, 0.4) is 0 Å². The van der Waals surface area contributed by atoms with E-state index in [1.807, 2.05) is 61.7 Å². The molecule has 25 heavy (non-hydrogen) atoms. The minimum absolute atomic E-state index is 0.0442. The molecule has 128 valence electrons. The summed E-state index contributed by atoms with van der Waals surface area (Å²) in [5.41, 5.74) is 3.94. The fourth-order valence-corrected chi connectivity index (χ4v) is 3.25. The van der Waals surface area contributed by atoms with Gasteiger partial charge in [0.25, 0.3) is 5.91 Å². The molecule has 1 aromatic heterocycles. The maximum Gasteiger partial charge on any atom is 0.264 e. The molecule has 0 saturated carbocycles. The smallest absolute Gasteiger partial charge is 0.264 e. The number of ether oxygens (including phenoxy) is 1. The van der Waals surface area contributed by atoms with E-state index in [0.717, 1.165) is 32.6 Å². The number of nitrogens with one attached hydrogen (secondary N) is 1. The van der Waals surface area contributed by atoms with Crippen molar-refractivity contribution in [1.29, 1.82) is 0 Å². The molecule has 0 fully saturated rings. The van der Waals surface area contributed by atoms with Crippen molar-refractivity contribution in [3.8, 4) is 17.0 Å². The zero-order valence-corrected chi connectivity index (χ0v) is 16.3. The van der Waals surface area contributed by atoms with Crippen LogP contribution in [0.5, 0.6) is 5.75 Å². The molecule has 1 heterocycles. The molecule has 0 saturated heterocycles. The highest BCUT2D eigenvalue weighted by Gasteiger charge is 2.10. The first kappa shape index (κ1) is 17.6. The Kier molecular flexibility index (Phi) is 5.50. The lowest BCUT2D eigenvalue weighted by atomic mass is 10.1. The van der Waals surface area contributed by atoms with Gasteiger partial charge in [0.2, 0.25) is 0 Å². The third-order valence-corrected chi connectivity index (χ3v) is 4.88. The number of halogens is 1. The van der Waals surface area contributed by atoms with E-state index in [1.165, 1.54) is 11.3 Å². The van der Waals surface area contributed by atoms with Crippen molar-refractivity contribution in [1.82, 2.24) is 4.98 Å². The highest BCUT2D eigenvalue weighted by Crippen LogP contribution is 2.26. The molecule has 0 bridgehead atoms. The first-order valence-corrected chi connectivity index (χ1v) is 9.40. The van der Waals surface area contributed by atoms with E-state index in [2.05, 4.69) is 26.2 Å². The number of aryl methyl sites for hydroxylation is 2. The summed E-state index contributed by atoms with van der Waals surface area (Å²) in [5, 5.41) is 5.27. The summed E-state index contributed by atoms with van der Waals surface area (Å²) in [4.78, 5) is 16.5. The second-order valence-corrected chi connectivity index (χ2v) is 7.42. The van der Waals surface area contributed by atoms with Crippen LogP contribution in [0.25, 0.3) is 11.3 Å². The van der Waals surface area contributed by atoms with Crippen LogP contribution in [-0.2, 0) is 4.79 Å². The van der Waals surface area contributed by atoms with Crippen molar-refractivity contribution in [2.24, 2.45) is 0 Å². The number of carbonyl (C=O) groups excluding carboxylic acids is 1. The third kappa shape index (κ3) is 4.67. The molecular weight excluding hydrogens is 400 g/mol. The number of rotatable bonds is 5. The predicted molar refractivity (Wildman–Crippen MR) is 105 cm³/mol. The standard InChI is InChI=1S/C19H17BrN2O2S/c1-12-3-4-13(2)17(9-12)24-10-18(23)22-19-21-16(11-25-19)14-5-7-15(20)8-6-14/h3-9,11H,10H2,1-2H3,(H,21,22,23). The average molecular weight is 417 g/mol. The third-order valence-electron chi connectivity index (χ3n) is 3.59. The monoisotopic (exact) mass is 416 g/mol. The van der Waals surface area contributed by atoms with Crippen molar-refractivity contribution in [3.63, 3.8) is 0 Å². The maximum absolute atomic E-state index is 12.1. The molecule has 0 unspecified atom stereocenters. The molecule has 2 aromatic carbocycles. The fourth-order valence-electron chi connectivity index (χ4n) is 2.25. The van der Waals surface area contributed by atoms with Crippen molar-refractivity contribution >= 4 is 38.3 Å². The van der Waals surface area contributed by atoms with Gasteiger partial charge in [-0.25, -0.2) is 4.98 Å². The number of aromatic nitrogens is 1. The Hall–Kier alpha value is -2.18. The zero-order chi connectivity index (χ0) is 17.8. The van der Waals surface area contributed by atoms with E-state index < -0.39 is 0 Å². The van der Waals surface area contributed by atoms with Gasteiger partial charge < -0.3 is 4.74 Å². The van der Waals surface area contributed by atoms with Crippen molar-refractivity contribution < 1.29 is 9.53 Å². The molecule has 3 rings (SSSR count). The van der Waals surface area contributed by atoms with E-state index in [0.29, 0.717) is 5.13 Å². The van der Waals surface area contributed by atoms with E-state index in [1.54, 1.807) is 0 Å². The van der Waals surface area contributed by atoms with Gasteiger partial charge in [-0.05, 0) is 43.2 Å². The SMILES string of the molecule is Cc1ccc(C)c(OCC(=O)Nc2nc(-c3ccc(Br)cc3)cs2)c1. The number of benzene rings is 2. The average Bonchev–Trinajstić information content (AvgIpc) is 3.05. The number of carbonyl (C=O) groups is 1. The summed E-state index contributed by atoms with van der Waals surface area (Å²) in [6.45, 7) is 3.90. The molecule has 4 nitrogen and oxygen atoms in total. The largest absolute Gasteiger partial charge is 0.483 e. The van der Waals surface area contributed by atoms with Crippen molar-refractivity contribution in [2.45, 2.75) is 13.8 Å². The Balaban J connectivity index is 1.60. The summed E-state index contributed by atoms with van der Waals surface area (Å²) >= 11 is 4.81. The van der Waals surface area contributed by atoms with E-state index in [9.17, 15) is 4.79 Å². The van der Waals surface area contributed by atoms with Gasteiger partial charge in [0.05, 0.1) is 5.69 Å². The van der Waals surface area contributed by atoms with Crippen LogP contribution < -0.4 is 10.1 Å². The van der Waals surface area contributed by atoms with Gasteiger partial charge >= 0.3 is 0 Å². The number of amides is 1. The van der Waals surface area contributed by atoms with E-state index in [4.69, 9.17) is 4.74 Å². The summed E-state index contributed by atoms with van der Waals surface area (Å²) in [6, 6.07) is 13.8. The number of nitrogens with zero attached hydrogens (tertiary/aromatic N) is 1. The molecule has 0 aliphatic carbocycles. The predicted octanol–water partition coefficient (Wildman–Crippen LogP) is 5.21. The second kappa shape index (κ2) is 7.80. The molecule has 0 radical (unpaired) electrons. The van der Waals surface area contributed by atoms with E-state index >= 15 is 0 Å². The quantitative estimate of drug-likeness (QED) is 0.620. The van der Waals surface area contributed by atoms with Crippen molar-refractivity contribution in [3.05, 3.63) is 63.4 Å². The Morgan fingerprint density at radius 3 is 2.72 bits per heavy atom. The molecule has 0 atom stereocenters. The van der Waals surface area contributed by atoms with Crippen LogP contribution in [0.2, 0.25) is 0 Å². The van der Waals surface area contributed by atoms with Crippen LogP contribution in [0, 0.1) is 13.8 Å². The number of hydrogen-bond acceptors (Lipinski definition) is 4. The summed E-state index contributed by atoms with van der Waals surface area (Å²) in [6.07, 6.45) is 0. The second-order valence-electron chi connectivity index (χ2n) is 5.65. The highest BCUT2D eigenvalue weighted by molar-refractivity contribution is 9.10. The number of anilines is 1. The van der Waals surface area contributed by atoms with Gasteiger partial charge in [0, 0.05) is 15.4 Å². The molecule has 3 aromatic rings. The summed E-state index contributed by atoms with van der Waals surface area (Å²) < 4.78 is 6.63. The normalized spacial score (nSPS) is 10.5. The van der Waals surface area contributed by atoms with Crippen LogP contribution >= 0.6 is 27.3 Å². The molecule has 0 spiro atoms. The van der Waals surface area contributed by atoms with Gasteiger partial charge in [-0.1, -0.05) is 40.2 Å². The first-order valence-electron chi connectivity index (χ1n) is 7.72. The highest BCUT2D eigenvalue weighted by atomic mass is 79.9. The minimum Gasteiger partial charge on any atom is -0.483 e. The molecule has 0 aliphatic heterocycles. The van der Waals surface area contributed by atoms with Crippen molar-refractivity contribution in [2.75, 3.05) is 11.9 Å². The number of hydrogen-bond donors (Lipinski definition) is 1. The van der Waals surface area contributed by atoms with Gasteiger partial charge in [0.1, 0.15) is 5.75 Å². The molecule has 0 aliphatic rings. The first-order chi connectivity index (χ1) is 12.0. The van der Waals surface area contributed by atoms with Crippen LogP contribution in [0.15, 0.2) is 52.3 Å². The zero-order valence-electron chi connectivity index (χ0n) is 13.9. The van der Waals surface area contributed by atoms with E-state index in [-0.39, 0.29) is 12.5 Å². The fraction of sp³-hybridized carbons (Fsp3) is 0.158. The van der Waals surface area contributed by atoms with Gasteiger partial charge in [-0.2, -0.15) is 0 Å². The van der Waals surface area contributed by atoms with Gasteiger partial charge in [-0.15, -0.1) is 11.3 Å². The minimum atomic E-state index is -0.224. The summed E-state index contributed by atoms with van der Waals surface area (Å²) in [5.74, 6) is 0.502. The Labute approximate surface area is 159 Å². The molecular formula is C19H17BrN2O2S. The van der Waals surface area contributed by atoms with Crippen LogP contribution in [0.4, 0.5) is 5.13 Å². The van der Waals surface area contributed by atoms with Crippen LogP contribution in [-0.4, -0.2) is 17.5 Å². The Morgan fingerprint density at radius 1 is 1.20 bits per heavy atom. The van der Waals surface area contributed by atoms with Gasteiger partial charge in [0.15, 0.2) is 11.7 Å². The topological polar surface area (TPSA) is 51.2 Å². The maximum atomic E-state index is 12.1. The Morgan fingerprint density at radius 2 is 1.96 bits per heavy atom. The lowest BCUT2D eigenvalue weighted by molar-refractivity contribution is -0.118. The van der Waals surface area contributed by atoms with Crippen LogP contribution in [0.1, 0.15) is 11.1 Å². The molecule has 1 N–H and O–H groups in total. The molecule has 6 heteroatoms. The lowest BCUT2D eigenvalue weighted by Crippen LogP contribution is -2.20. The summed E-state index contributed by atoms with van der Waals surface area (Å²) in [7, 11) is 0. The number of thiazole rings is 1. The Bertz CT molecular complexity index is 891.